The molecule has 3 aromatic carbocycles. The standard InChI is InChI=1S/C19H20OSi/c1-21(2,3)20-19-14-17-12-8-7-11-16(17)13-18(19)15-9-5-4-6-10-15/h4-14H,1-3H3. The molecular weight excluding hydrogens is 272 g/mol. The Labute approximate surface area is 127 Å². The minimum Gasteiger partial charge on any atom is -0.544 e. The maximum atomic E-state index is 6.33. The Morgan fingerprint density at radius 1 is 0.714 bits per heavy atom. The van der Waals surface area contributed by atoms with Crippen LogP contribution in [0.2, 0.25) is 19.6 Å². The van der Waals surface area contributed by atoms with Crippen LogP contribution in [0, 0.1) is 0 Å². The SMILES string of the molecule is C[Si](C)(C)Oc1cc2ccccc2cc1-c1ccccc1. The average molecular weight is 292 g/mol. The van der Waals surface area contributed by atoms with Crippen LogP contribution in [0.1, 0.15) is 0 Å². The zero-order valence-corrected chi connectivity index (χ0v) is 13.8. The highest BCUT2D eigenvalue weighted by molar-refractivity contribution is 6.70. The van der Waals surface area contributed by atoms with E-state index in [-0.39, 0.29) is 0 Å². The van der Waals surface area contributed by atoms with Crippen molar-refractivity contribution in [2.45, 2.75) is 19.6 Å². The predicted molar refractivity (Wildman–Crippen MR) is 93.4 cm³/mol. The van der Waals surface area contributed by atoms with Crippen LogP contribution in [0.25, 0.3) is 21.9 Å². The summed E-state index contributed by atoms with van der Waals surface area (Å²) in [6.45, 7) is 6.66. The van der Waals surface area contributed by atoms with Crippen LogP contribution in [0.3, 0.4) is 0 Å². The third-order valence-electron chi connectivity index (χ3n) is 3.35. The zero-order valence-electron chi connectivity index (χ0n) is 12.8. The van der Waals surface area contributed by atoms with Gasteiger partial charge in [-0.25, -0.2) is 0 Å². The molecule has 0 aromatic heterocycles. The molecule has 1 nitrogen and oxygen atoms in total. The van der Waals surface area contributed by atoms with Crippen molar-refractivity contribution < 1.29 is 4.43 Å². The van der Waals surface area contributed by atoms with Gasteiger partial charge in [0.05, 0.1) is 0 Å². The molecule has 106 valence electrons. The van der Waals surface area contributed by atoms with Gasteiger partial charge < -0.3 is 4.43 Å². The van der Waals surface area contributed by atoms with E-state index in [1.165, 1.54) is 21.9 Å². The van der Waals surface area contributed by atoms with Crippen molar-refractivity contribution in [1.82, 2.24) is 0 Å². The van der Waals surface area contributed by atoms with E-state index in [9.17, 15) is 0 Å². The smallest absolute Gasteiger partial charge is 0.242 e. The van der Waals surface area contributed by atoms with Crippen LogP contribution >= 0.6 is 0 Å². The largest absolute Gasteiger partial charge is 0.544 e. The summed E-state index contributed by atoms with van der Waals surface area (Å²) in [5.74, 6) is 0.999. The van der Waals surface area contributed by atoms with Crippen molar-refractivity contribution in [3.8, 4) is 16.9 Å². The normalized spacial score (nSPS) is 11.6. The Hall–Kier alpha value is -2.06. The van der Waals surface area contributed by atoms with Crippen molar-refractivity contribution in [1.29, 1.82) is 0 Å². The Morgan fingerprint density at radius 2 is 1.29 bits per heavy atom. The zero-order chi connectivity index (χ0) is 14.9. The molecule has 21 heavy (non-hydrogen) atoms. The molecule has 0 aliphatic heterocycles. The highest BCUT2D eigenvalue weighted by Gasteiger charge is 2.19. The molecule has 0 fully saturated rings. The molecular formula is C19H20OSi. The third kappa shape index (κ3) is 3.17. The summed E-state index contributed by atoms with van der Waals surface area (Å²) in [4.78, 5) is 0. The van der Waals surface area contributed by atoms with Gasteiger partial charge in [-0.2, -0.15) is 0 Å². The highest BCUT2D eigenvalue weighted by atomic mass is 28.4. The lowest BCUT2D eigenvalue weighted by Gasteiger charge is -2.22. The van der Waals surface area contributed by atoms with Gasteiger partial charge in [0, 0.05) is 5.56 Å². The van der Waals surface area contributed by atoms with Gasteiger partial charge in [-0.1, -0.05) is 54.6 Å². The highest BCUT2D eigenvalue weighted by Crippen LogP contribution is 2.35. The van der Waals surface area contributed by atoms with Crippen molar-refractivity contribution in [3.63, 3.8) is 0 Å². The molecule has 0 amide bonds. The van der Waals surface area contributed by atoms with Crippen LogP contribution in [0.4, 0.5) is 0 Å². The first-order chi connectivity index (χ1) is 10.0. The first-order valence-electron chi connectivity index (χ1n) is 7.30. The van der Waals surface area contributed by atoms with Crippen molar-refractivity contribution in [2.75, 3.05) is 0 Å². The molecule has 2 heteroatoms. The van der Waals surface area contributed by atoms with Gasteiger partial charge in [-0.3, -0.25) is 0 Å². The average Bonchev–Trinajstić information content (AvgIpc) is 2.46. The summed E-state index contributed by atoms with van der Waals surface area (Å²) in [5, 5.41) is 2.48. The van der Waals surface area contributed by atoms with E-state index in [2.05, 4.69) is 80.3 Å². The minimum atomic E-state index is -1.65. The van der Waals surface area contributed by atoms with E-state index in [1.807, 2.05) is 6.07 Å². The van der Waals surface area contributed by atoms with E-state index in [0.717, 1.165) is 5.75 Å². The van der Waals surface area contributed by atoms with Gasteiger partial charge in [0.25, 0.3) is 0 Å². The molecule has 0 heterocycles. The number of fused-ring (bicyclic) bond motifs is 1. The monoisotopic (exact) mass is 292 g/mol. The third-order valence-corrected chi connectivity index (χ3v) is 4.18. The van der Waals surface area contributed by atoms with Crippen molar-refractivity contribution in [2.24, 2.45) is 0 Å². The molecule has 0 aliphatic rings. The molecule has 0 saturated carbocycles. The van der Waals surface area contributed by atoms with Gasteiger partial charge in [-0.15, -0.1) is 0 Å². The van der Waals surface area contributed by atoms with E-state index in [1.54, 1.807) is 0 Å². The second-order valence-corrected chi connectivity index (χ2v) is 10.7. The maximum Gasteiger partial charge on any atom is 0.242 e. The van der Waals surface area contributed by atoms with Gasteiger partial charge >= 0.3 is 0 Å². The summed E-state index contributed by atoms with van der Waals surface area (Å²) in [7, 11) is -1.65. The summed E-state index contributed by atoms with van der Waals surface area (Å²) < 4.78 is 6.33. The quantitative estimate of drug-likeness (QED) is 0.561. The Balaban J connectivity index is 2.22. The van der Waals surface area contributed by atoms with Gasteiger partial charge in [-0.05, 0) is 48.1 Å². The Bertz CT molecular complexity index is 757. The van der Waals surface area contributed by atoms with Crippen LogP contribution in [-0.4, -0.2) is 8.32 Å². The molecule has 0 bridgehead atoms. The van der Waals surface area contributed by atoms with Crippen LogP contribution in [0.15, 0.2) is 66.7 Å². The van der Waals surface area contributed by atoms with Crippen molar-refractivity contribution in [3.05, 3.63) is 66.7 Å². The lowest BCUT2D eigenvalue weighted by atomic mass is 10.0. The molecule has 0 N–H and O–H groups in total. The van der Waals surface area contributed by atoms with Crippen molar-refractivity contribution >= 4 is 19.1 Å². The van der Waals surface area contributed by atoms with Crippen LogP contribution in [0.5, 0.6) is 5.75 Å². The van der Waals surface area contributed by atoms with E-state index in [0.29, 0.717) is 0 Å². The predicted octanol–water partition coefficient (Wildman–Crippen LogP) is 5.72. The maximum absolute atomic E-state index is 6.33. The fraction of sp³-hybridized carbons (Fsp3) is 0.158. The van der Waals surface area contributed by atoms with Gasteiger partial charge in [0.1, 0.15) is 5.75 Å². The van der Waals surface area contributed by atoms with E-state index < -0.39 is 8.32 Å². The fourth-order valence-electron chi connectivity index (χ4n) is 2.48. The molecule has 3 rings (SSSR count). The Kier molecular flexibility index (Phi) is 3.56. The fourth-order valence-corrected chi connectivity index (χ4v) is 3.31. The first kappa shape index (κ1) is 13.9. The molecule has 0 unspecified atom stereocenters. The molecule has 3 aromatic rings. The minimum absolute atomic E-state index is 0.999. The second-order valence-electron chi connectivity index (χ2n) is 6.28. The van der Waals surface area contributed by atoms with E-state index >= 15 is 0 Å². The lowest BCUT2D eigenvalue weighted by Crippen LogP contribution is -2.29. The molecule has 0 spiro atoms. The second kappa shape index (κ2) is 5.38. The van der Waals surface area contributed by atoms with Crippen LogP contribution in [-0.2, 0) is 0 Å². The number of hydrogen-bond acceptors (Lipinski definition) is 1. The summed E-state index contributed by atoms with van der Waals surface area (Å²) >= 11 is 0. The van der Waals surface area contributed by atoms with Gasteiger partial charge in [0.2, 0.25) is 8.32 Å². The topological polar surface area (TPSA) is 9.23 Å². The van der Waals surface area contributed by atoms with Crippen LogP contribution < -0.4 is 4.43 Å². The summed E-state index contributed by atoms with van der Waals surface area (Å²) in [6, 6.07) is 23.3. The summed E-state index contributed by atoms with van der Waals surface area (Å²) in [5.41, 5.74) is 2.38. The molecule has 0 saturated heterocycles. The van der Waals surface area contributed by atoms with Gasteiger partial charge in [0.15, 0.2) is 0 Å². The van der Waals surface area contributed by atoms with E-state index in [4.69, 9.17) is 4.43 Å². The molecule has 0 aliphatic carbocycles. The summed E-state index contributed by atoms with van der Waals surface area (Å²) in [6.07, 6.45) is 0. The number of rotatable bonds is 3. The number of benzene rings is 3. The molecule has 0 atom stereocenters. The number of hydrogen-bond donors (Lipinski definition) is 0. The molecule has 0 radical (unpaired) electrons. The first-order valence-corrected chi connectivity index (χ1v) is 10.7. The lowest BCUT2D eigenvalue weighted by molar-refractivity contribution is 0.560. The Morgan fingerprint density at radius 3 is 1.90 bits per heavy atom.